The molecule has 17 heavy (non-hydrogen) atoms. The van der Waals surface area contributed by atoms with Crippen molar-refractivity contribution in [2.75, 3.05) is 6.54 Å². The Labute approximate surface area is 105 Å². The second-order valence-corrected chi connectivity index (χ2v) is 5.23. The molecule has 96 valence electrons. The molecular formula is C15H25NO. The van der Waals surface area contributed by atoms with Crippen LogP contribution in [-0.2, 0) is 0 Å². The highest BCUT2D eigenvalue weighted by molar-refractivity contribution is 5.26. The highest BCUT2D eigenvalue weighted by Gasteiger charge is 2.08. The minimum Gasteiger partial charge on any atom is -0.388 e. The van der Waals surface area contributed by atoms with Gasteiger partial charge in [-0.1, -0.05) is 52.0 Å². The zero-order valence-electron chi connectivity index (χ0n) is 11.4. The van der Waals surface area contributed by atoms with Gasteiger partial charge in [-0.05, 0) is 30.0 Å². The third-order valence-electron chi connectivity index (χ3n) is 2.96. The van der Waals surface area contributed by atoms with Crippen LogP contribution in [0.4, 0.5) is 0 Å². The fourth-order valence-electron chi connectivity index (χ4n) is 1.78. The van der Waals surface area contributed by atoms with Gasteiger partial charge in [-0.15, -0.1) is 0 Å². The first-order chi connectivity index (χ1) is 8.00. The van der Waals surface area contributed by atoms with Crippen molar-refractivity contribution in [3.05, 3.63) is 35.4 Å². The first-order valence-electron chi connectivity index (χ1n) is 6.52. The highest BCUT2D eigenvalue weighted by Crippen LogP contribution is 2.20. The smallest absolute Gasteiger partial charge is 0.0802 e. The predicted octanol–water partition coefficient (Wildman–Crippen LogP) is 3.23. The maximum Gasteiger partial charge on any atom is 0.0802 e. The van der Waals surface area contributed by atoms with Crippen molar-refractivity contribution in [2.24, 2.45) is 0 Å². The summed E-state index contributed by atoms with van der Waals surface area (Å²) >= 11 is 0. The number of hydrogen-bond acceptors (Lipinski definition) is 2. The van der Waals surface area contributed by atoms with E-state index in [1.165, 1.54) is 5.56 Å². The van der Waals surface area contributed by atoms with E-state index in [1.807, 2.05) is 12.1 Å². The number of benzene rings is 1. The second kappa shape index (κ2) is 6.77. The molecule has 0 amide bonds. The molecular weight excluding hydrogens is 210 g/mol. The number of aliphatic hydroxyl groups is 1. The van der Waals surface area contributed by atoms with Crippen LogP contribution in [0.1, 0.15) is 57.3 Å². The molecule has 2 heteroatoms. The fraction of sp³-hybridized carbons (Fsp3) is 0.600. The van der Waals surface area contributed by atoms with Gasteiger partial charge in [-0.3, -0.25) is 0 Å². The van der Waals surface area contributed by atoms with Gasteiger partial charge in [0.1, 0.15) is 0 Å². The second-order valence-electron chi connectivity index (χ2n) is 5.23. The van der Waals surface area contributed by atoms with Crippen LogP contribution in [-0.4, -0.2) is 17.7 Å². The van der Waals surface area contributed by atoms with Gasteiger partial charge in [0.2, 0.25) is 0 Å². The van der Waals surface area contributed by atoms with Crippen LogP contribution in [0.25, 0.3) is 0 Å². The maximum atomic E-state index is 10.0. The number of aliphatic hydroxyl groups excluding tert-OH is 1. The zero-order chi connectivity index (χ0) is 12.8. The Hall–Kier alpha value is -0.860. The Morgan fingerprint density at radius 2 is 1.53 bits per heavy atom. The molecule has 0 aliphatic carbocycles. The van der Waals surface area contributed by atoms with Gasteiger partial charge in [0.25, 0.3) is 0 Å². The van der Waals surface area contributed by atoms with E-state index in [1.54, 1.807) is 0 Å². The number of nitrogens with one attached hydrogen (secondary N) is 1. The van der Waals surface area contributed by atoms with Gasteiger partial charge in [0.15, 0.2) is 0 Å². The SMILES string of the molecule is CC(C)NCCC(O)c1ccc(C(C)C)cc1. The van der Waals surface area contributed by atoms with Gasteiger partial charge in [-0.2, -0.15) is 0 Å². The molecule has 0 aliphatic heterocycles. The molecule has 1 aromatic rings. The van der Waals surface area contributed by atoms with Crippen molar-refractivity contribution in [3.8, 4) is 0 Å². The maximum absolute atomic E-state index is 10.0. The first kappa shape index (κ1) is 14.2. The largest absolute Gasteiger partial charge is 0.388 e. The quantitative estimate of drug-likeness (QED) is 0.793. The molecule has 1 unspecified atom stereocenters. The lowest BCUT2D eigenvalue weighted by Crippen LogP contribution is -2.24. The molecule has 2 N–H and O–H groups in total. The molecule has 0 saturated carbocycles. The Morgan fingerprint density at radius 3 is 2.00 bits per heavy atom. The predicted molar refractivity (Wildman–Crippen MR) is 73.2 cm³/mol. The summed E-state index contributed by atoms with van der Waals surface area (Å²) in [7, 11) is 0. The van der Waals surface area contributed by atoms with Crippen molar-refractivity contribution in [1.29, 1.82) is 0 Å². The van der Waals surface area contributed by atoms with Crippen LogP contribution < -0.4 is 5.32 Å². The topological polar surface area (TPSA) is 32.3 Å². The van der Waals surface area contributed by atoms with Gasteiger partial charge in [0.05, 0.1) is 6.10 Å². The van der Waals surface area contributed by atoms with Crippen LogP contribution in [0.3, 0.4) is 0 Å². The molecule has 0 aliphatic rings. The summed E-state index contributed by atoms with van der Waals surface area (Å²) in [6.07, 6.45) is 0.404. The lowest BCUT2D eigenvalue weighted by atomic mass is 9.99. The Kier molecular flexibility index (Phi) is 5.66. The van der Waals surface area contributed by atoms with E-state index in [0.717, 1.165) is 18.5 Å². The van der Waals surface area contributed by atoms with Gasteiger partial charge >= 0.3 is 0 Å². The molecule has 1 atom stereocenters. The summed E-state index contributed by atoms with van der Waals surface area (Å²) in [5.74, 6) is 0.545. The molecule has 2 nitrogen and oxygen atoms in total. The molecule has 0 bridgehead atoms. The minimum absolute atomic E-state index is 0.359. The first-order valence-corrected chi connectivity index (χ1v) is 6.52. The molecule has 0 heterocycles. The average Bonchev–Trinajstić information content (AvgIpc) is 2.28. The Balaban J connectivity index is 2.48. The summed E-state index contributed by atoms with van der Waals surface area (Å²) < 4.78 is 0. The third kappa shape index (κ3) is 4.88. The molecule has 0 spiro atoms. The Morgan fingerprint density at radius 1 is 1.00 bits per heavy atom. The van der Waals surface area contributed by atoms with Crippen LogP contribution in [0.2, 0.25) is 0 Å². The van der Waals surface area contributed by atoms with E-state index in [4.69, 9.17) is 0 Å². The minimum atomic E-state index is -0.359. The molecule has 0 radical (unpaired) electrons. The van der Waals surface area contributed by atoms with Crippen LogP contribution in [0.5, 0.6) is 0 Å². The van der Waals surface area contributed by atoms with Gasteiger partial charge < -0.3 is 10.4 Å². The Bertz CT molecular complexity index is 316. The van der Waals surface area contributed by atoms with Crippen LogP contribution in [0, 0.1) is 0 Å². The molecule has 0 aromatic heterocycles. The van der Waals surface area contributed by atoms with Crippen molar-refractivity contribution < 1.29 is 5.11 Å². The summed E-state index contributed by atoms with van der Waals surface area (Å²) in [6.45, 7) is 9.44. The lowest BCUT2D eigenvalue weighted by molar-refractivity contribution is 0.166. The van der Waals surface area contributed by atoms with E-state index in [0.29, 0.717) is 12.0 Å². The normalized spacial score (nSPS) is 13.4. The summed E-state index contributed by atoms with van der Waals surface area (Å²) in [6, 6.07) is 8.77. The molecule has 1 rings (SSSR count). The van der Waals surface area contributed by atoms with Crippen molar-refractivity contribution >= 4 is 0 Å². The number of rotatable bonds is 6. The van der Waals surface area contributed by atoms with E-state index < -0.39 is 0 Å². The van der Waals surface area contributed by atoms with Crippen molar-refractivity contribution in [3.63, 3.8) is 0 Å². The monoisotopic (exact) mass is 235 g/mol. The van der Waals surface area contributed by atoms with E-state index in [2.05, 4.69) is 45.1 Å². The highest BCUT2D eigenvalue weighted by atomic mass is 16.3. The molecule has 0 saturated heterocycles. The standard InChI is InChI=1S/C15H25NO/c1-11(2)13-5-7-14(8-6-13)15(17)9-10-16-12(3)4/h5-8,11-12,15-17H,9-10H2,1-4H3. The van der Waals surface area contributed by atoms with Crippen molar-refractivity contribution in [2.45, 2.75) is 52.2 Å². The van der Waals surface area contributed by atoms with Crippen LogP contribution in [0.15, 0.2) is 24.3 Å². The lowest BCUT2D eigenvalue weighted by Gasteiger charge is -2.14. The number of hydrogen-bond donors (Lipinski definition) is 2. The average molecular weight is 235 g/mol. The summed E-state index contributed by atoms with van der Waals surface area (Å²) in [5, 5.41) is 13.3. The van der Waals surface area contributed by atoms with Crippen molar-refractivity contribution in [1.82, 2.24) is 5.32 Å². The zero-order valence-corrected chi connectivity index (χ0v) is 11.4. The molecule has 1 aromatic carbocycles. The van der Waals surface area contributed by atoms with Gasteiger partial charge in [0, 0.05) is 6.04 Å². The van der Waals surface area contributed by atoms with E-state index >= 15 is 0 Å². The van der Waals surface area contributed by atoms with E-state index in [9.17, 15) is 5.11 Å². The summed E-state index contributed by atoms with van der Waals surface area (Å²) in [5.41, 5.74) is 2.33. The molecule has 0 fully saturated rings. The fourth-order valence-corrected chi connectivity index (χ4v) is 1.78. The van der Waals surface area contributed by atoms with Crippen LogP contribution >= 0.6 is 0 Å². The third-order valence-corrected chi connectivity index (χ3v) is 2.96. The summed E-state index contributed by atoms with van der Waals surface area (Å²) in [4.78, 5) is 0. The van der Waals surface area contributed by atoms with Gasteiger partial charge in [-0.25, -0.2) is 0 Å². The van der Waals surface area contributed by atoms with E-state index in [-0.39, 0.29) is 6.10 Å².